The van der Waals surface area contributed by atoms with Gasteiger partial charge < -0.3 is 20.4 Å². The van der Waals surface area contributed by atoms with Gasteiger partial charge in [0, 0.05) is 20.1 Å². The van der Waals surface area contributed by atoms with E-state index in [9.17, 15) is 19.8 Å². The first kappa shape index (κ1) is 30.7. The van der Waals surface area contributed by atoms with Crippen LogP contribution >= 0.6 is 0 Å². The fraction of sp³-hybridized carbons (Fsp3) is 0.375. The molecule has 38 heavy (non-hydrogen) atoms. The highest BCUT2D eigenvalue weighted by molar-refractivity contribution is 5.90. The smallest absolute Gasteiger partial charge is 0.254 e. The number of aliphatic hydroxyl groups excluding tert-OH is 2. The van der Waals surface area contributed by atoms with Gasteiger partial charge in [-0.1, -0.05) is 107 Å². The molecular weight excluding hydrogens is 476 g/mol. The molecule has 3 rings (SSSR count). The molecule has 1 aliphatic carbocycles. The zero-order valence-corrected chi connectivity index (χ0v) is 23.2. The van der Waals surface area contributed by atoms with Crippen LogP contribution in [-0.2, 0) is 16.0 Å². The molecule has 0 aromatic heterocycles. The molecule has 0 fully saturated rings. The van der Waals surface area contributed by atoms with Crippen LogP contribution in [0.4, 0.5) is 0 Å². The summed E-state index contributed by atoms with van der Waals surface area (Å²) >= 11 is 0. The monoisotopic (exact) mass is 518 g/mol. The summed E-state index contributed by atoms with van der Waals surface area (Å²) in [5, 5.41) is 23.2. The van der Waals surface area contributed by atoms with Crippen molar-refractivity contribution in [2.45, 2.75) is 58.7 Å². The summed E-state index contributed by atoms with van der Waals surface area (Å²) in [7, 11) is 1.54. The maximum Gasteiger partial charge on any atom is 0.254 e. The van der Waals surface area contributed by atoms with E-state index in [2.05, 4.69) is 37.4 Å². The van der Waals surface area contributed by atoms with Crippen molar-refractivity contribution in [2.75, 3.05) is 20.1 Å². The summed E-state index contributed by atoms with van der Waals surface area (Å²) in [4.78, 5) is 26.3. The highest BCUT2D eigenvalue weighted by Gasteiger charge is 2.32. The van der Waals surface area contributed by atoms with Crippen LogP contribution < -0.4 is 5.32 Å². The summed E-state index contributed by atoms with van der Waals surface area (Å²) in [5.41, 5.74) is 5.61. The molecule has 0 radical (unpaired) electrons. The van der Waals surface area contributed by atoms with Crippen molar-refractivity contribution in [3.8, 4) is 0 Å². The second kappa shape index (κ2) is 15.7. The first-order valence-corrected chi connectivity index (χ1v) is 13.4. The van der Waals surface area contributed by atoms with Crippen LogP contribution in [0.2, 0.25) is 0 Å². The number of hydrogen-bond acceptors (Lipinski definition) is 4. The van der Waals surface area contributed by atoms with E-state index in [-0.39, 0.29) is 6.54 Å². The topological polar surface area (TPSA) is 89.9 Å². The third kappa shape index (κ3) is 8.82. The second-order valence-electron chi connectivity index (χ2n) is 9.38. The number of allylic oxidation sites excluding steroid dienone is 4. The van der Waals surface area contributed by atoms with Gasteiger partial charge in [0.25, 0.3) is 11.8 Å². The Morgan fingerprint density at radius 3 is 2.29 bits per heavy atom. The molecule has 1 aliphatic rings. The van der Waals surface area contributed by atoms with Gasteiger partial charge in [0.15, 0.2) is 12.2 Å². The maximum absolute atomic E-state index is 12.5. The summed E-state index contributed by atoms with van der Waals surface area (Å²) in [6, 6.07) is 18.0. The number of benzene rings is 2. The van der Waals surface area contributed by atoms with Crippen LogP contribution in [0.5, 0.6) is 0 Å². The zero-order valence-electron chi connectivity index (χ0n) is 23.2. The van der Waals surface area contributed by atoms with E-state index in [0.717, 1.165) is 17.6 Å². The Hall–Kier alpha value is -3.48. The van der Waals surface area contributed by atoms with Gasteiger partial charge in [-0.15, -0.1) is 0 Å². The van der Waals surface area contributed by atoms with Crippen LogP contribution in [0.15, 0.2) is 84.5 Å². The van der Waals surface area contributed by atoms with Gasteiger partial charge in [-0.3, -0.25) is 9.59 Å². The molecule has 0 bridgehead atoms. The molecule has 2 unspecified atom stereocenters. The van der Waals surface area contributed by atoms with Crippen molar-refractivity contribution in [3.63, 3.8) is 0 Å². The highest BCUT2D eigenvalue weighted by atomic mass is 16.3. The quantitative estimate of drug-likeness (QED) is 0.427. The molecule has 0 heterocycles. The van der Waals surface area contributed by atoms with Gasteiger partial charge in [0.1, 0.15) is 0 Å². The zero-order chi connectivity index (χ0) is 28.1. The largest absolute Gasteiger partial charge is 0.380 e. The average molecular weight is 519 g/mol. The van der Waals surface area contributed by atoms with Crippen LogP contribution in [0.3, 0.4) is 0 Å². The third-order valence-corrected chi connectivity index (χ3v) is 6.34. The van der Waals surface area contributed by atoms with Crippen LogP contribution in [0, 0.1) is 0 Å². The second-order valence-corrected chi connectivity index (χ2v) is 9.38. The molecular formula is C32H42N2O4. The minimum atomic E-state index is -1.85. The van der Waals surface area contributed by atoms with Crippen molar-refractivity contribution in [3.05, 3.63) is 101 Å². The third-order valence-electron chi connectivity index (χ3n) is 6.34. The predicted molar refractivity (Wildman–Crippen MR) is 155 cm³/mol. The van der Waals surface area contributed by atoms with E-state index in [4.69, 9.17) is 0 Å². The lowest BCUT2D eigenvalue weighted by atomic mass is 9.91. The lowest BCUT2D eigenvalue weighted by Crippen LogP contribution is -2.50. The van der Waals surface area contributed by atoms with E-state index < -0.39 is 24.0 Å². The maximum atomic E-state index is 12.5. The molecule has 2 aromatic carbocycles. The number of nitrogens with zero attached hydrogens (tertiary/aromatic N) is 1. The lowest BCUT2D eigenvalue weighted by molar-refractivity contribution is -0.152. The van der Waals surface area contributed by atoms with Crippen LogP contribution in [0.25, 0.3) is 5.57 Å². The Balaban J connectivity index is 0.00000247. The Labute approximate surface area is 227 Å². The molecule has 3 N–H and O–H groups in total. The SMILES string of the molecule is CC.CC(C)c1ccccc1C1=CC=C(CNC(=O)C(O)C(O)C(=O)N(C)CCc2ccccc2)C=CC1. The van der Waals surface area contributed by atoms with E-state index >= 15 is 0 Å². The normalized spacial score (nSPS) is 14.3. The van der Waals surface area contributed by atoms with Gasteiger partial charge in [-0.05, 0) is 46.6 Å². The molecule has 6 nitrogen and oxygen atoms in total. The minimum absolute atomic E-state index is 0.173. The molecule has 0 saturated heterocycles. The molecule has 2 amide bonds. The number of carbonyl (C=O) groups excluding carboxylic acids is 2. The summed E-state index contributed by atoms with van der Waals surface area (Å²) in [5.74, 6) is -1.08. The minimum Gasteiger partial charge on any atom is -0.380 e. The number of amides is 2. The van der Waals surface area contributed by atoms with E-state index in [1.54, 1.807) is 7.05 Å². The van der Waals surface area contributed by atoms with E-state index in [0.29, 0.717) is 18.9 Å². The molecule has 0 aliphatic heterocycles. The van der Waals surface area contributed by atoms with Gasteiger partial charge in [-0.2, -0.15) is 0 Å². The number of aliphatic hydroxyl groups is 2. The molecule has 0 spiro atoms. The van der Waals surface area contributed by atoms with Crippen molar-refractivity contribution in [1.82, 2.24) is 10.2 Å². The summed E-state index contributed by atoms with van der Waals surface area (Å²) in [6.07, 6.45) is 5.68. The average Bonchev–Trinajstić information content (AvgIpc) is 3.20. The van der Waals surface area contributed by atoms with Gasteiger partial charge >= 0.3 is 0 Å². The molecule has 2 aromatic rings. The van der Waals surface area contributed by atoms with Crippen LogP contribution in [0.1, 0.15) is 56.7 Å². The number of nitrogens with one attached hydrogen (secondary N) is 1. The Morgan fingerprint density at radius 1 is 0.947 bits per heavy atom. The lowest BCUT2D eigenvalue weighted by Gasteiger charge is -2.23. The number of hydrogen-bond donors (Lipinski definition) is 3. The standard InChI is InChI=1S/C30H36N2O4.C2H6/c1-21(2)25-14-7-8-15-26(25)24-13-9-12-23(16-17-24)20-31-29(35)27(33)28(34)30(36)32(3)19-18-22-10-5-4-6-11-22;1-2/h4-12,14-17,21,27-28,33-34H,13,18-20H2,1-3H3,(H,31,35);1-2H3. The van der Waals surface area contributed by atoms with Gasteiger partial charge in [0.05, 0.1) is 0 Å². The van der Waals surface area contributed by atoms with Crippen molar-refractivity contribution >= 4 is 17.4 Å². The molecule has 0 saturated carbocycles. The summed E-state index contributed by atoms with van der Waals surface area (Å²) < 4.78 is 0. The van der Waals surface area contributed by atoms with Crippen LogP contribution in [-0.4, -0.2) is 59.3 Å². The van der Waals surface area contributed by atoms with Gasteiger partial charge in [-0.25, -0.2) is 0 Å². The Morgan fingerprint density at radius 2 is 1.61 bits per heavy atom. The first-order chi connectivity index (χ1) is 18.3. The number of likely N-dealkylation sites (N-methyl/N-ethyl adjacent to an activating group) is 1. The van der Waals surface area contributed by atoms with Gasteiger partial charge in [0.2, 0.25) is 0 Å². The van der Waals surface area contributed by atoms with E-state index in [1.165, 1.54) is 21.6 Å². The Bertz CT molecular complexity index is 1140. The predicted octanol–water partition coefficient (Wildman–Crippen LogP) is 4.65. The molecule has 2 atom stereocenters. The van der Waals surface area contributed by atoms with Crippen molar-refractivity contribution < 1.29 is 19.8 Å². The van der Waals surface area contributed by atoms with Crippen molar-refractivity contribution in [1.29, 1.82) is 0 Å². The molecule has 204 valence electrons. The summed E-state index contributed by atoms with van der Waals surface area (Å²) in [6.45, 7) is 8.88. The molecule has 6 heteroatoms. The Kier molecular flexibility index (Phi) is 12.7. The fourth-order valence-electron chi connectivity index (χ4n) is 4.13. The number of rotatable bonds is 10. The van der Waals surface area contributed by atoms with Crippen molar-refractivity contribution in [2.24, 2.45) is 0 Å². The highest BCUT2D eigenvalue weighted by Crippen LogP contribution is 2.29. The first-order valence-electron chi connectivity index (χ1n) is 13.4. The fourth-order valence-corrected chi connectivity index (χ4v) is 4.13. The number of carbonyl (C=O) groups is 2. The van der Waals surface area contributed by atoms with E-state index in [1.807, 2.05) is 74.5 Å².